The number of anilines is 2. The predicted octanol–water partition coefficient (Wildman–Crippen LogP) is 2.94. The van der Waals surface area contributed by atoms with E-state index in [4.69, 9.17) is 4.52 Å². The lowest BCUT2D eigenvalue weighted by atomic mass is 10.1. The molecule has 4 rings (SSSR count). The molecule has 1 aliphatic rings. The van der Waals surface area contributed by atoms with E-state index < -0.39 is 10.0 Å². The largest absolute Gasteiger partial charge is 0.339 e. The SMILES string of the molecule is Cc1ccc(N2C[C@H](c3nc(-c4ccc(NS(C)(=O)=O)cc4)no3)CC2=O)cc1. The lowest BCUT2D eigenvalue weighted by Crippen LogP contribution is -2.24. The summed E-state index contributed by atoms with van der Waals surface area (Å²) in [6.07, 6.45) is 1.40. The number of aromatic nitrogens is 2. The summed E-state index contributed by atoms with van der Waals surface area (Å²) in [4.78, 5) is 18.6. The average molecular weight is 412 g/mol. The van der Waals surface area contributed by atoms with E-state index in [1.807, 2.05) is 31.2 Å². The zero-order valence-electron chi connectivity index (χ0n) is 16.0. The Hall–Kier alpha value is -3.20. The molecule has 1 fully saturated rings. The number of sulfonamides is 1. The zero-order chi connectivity index (χ0) is 20.6. The zero-order valence-corrected chi connectivity index (χ0v) is 16.8. The van der Waals surface area contributed by atoms with Crippen molar-refractivity contribution in [3.05, 3.63) is 60.0 Å². The number of carbonyl (C=O) groups is 1. The summed E-state index contributed by atoms with van der Waals surface area (Å²) in [5.74, 6) is 0.666. The van der Waals surface area contributed by atoms with Gasteiger partial charge in [0.1, 0.15) is 0 Å². The Kier molecular flexibility index (Phi) is 4.83. The van der Waals surface area contributed by atoms with Crippen LogP contribution in [0.3, 0.4) is 0 Å². The first-order chi connectivity index (χ1) is 13.8. The van der Waals surface area contributed by atoms with Gasteiger partial charge < -0.3 is 9.42 Å². The molecular formula is C20H20N4O4S. The first-order valence-corrected chi connectivity index (χ1v) is 11.0. The molecule has 1 aliphatic heterocycles. The Labute approximate surface area is 168 Å². The van der Waals surface area contributed by atoms with Gasteiger partial charge in [-0.25, -0.2) is 8.42 Å². The molecule has 3 aromatic rings. The lowest BCUT2D eigenvalue weighted by molar-refractivity contribution is -0.117. The molecule has 150 valence electrons. The minimum Gasteiger partial charge on any atom is -0.339 e. The molecule has 0 spiro atoms. The maximum atomic E-state index is 12.5. The number of aryl methyl sites for hydroxylation is 1. The molecule has 0 radical (unpaired) electrons. The Morgan fingerprint density at radius 1 is 1.10 bits per heavy atom. The number of hydrogen-bond acceptors (Lipinski definition) is 6. The third-order valence-corrected chi connectivity index (χ3v) is 5.31. The highest BCUT2D eigenvalue weighted by Crippen LogP contribution is 2.32. The van der Waals surface area contributed by atoms with Crippen LogP contribution < -0.4 is 9.62 Å². The summed E-state index contributed by atoms with van der Waals surface area (Å²) in [7, 11) is -3.33. The molecule has 0 aliphatic carbocycles. The molecule has 0 unspecified atom stereocenters. The predicted molar refractivity (Wildman–Crippen MR) is 109 cm³/mol. The summed E-state index contributed by atoms with van der Waals surface area (Å²) >= 11 is 0. The van der Waals surface area contributed by atoms with Crippen LogP contribution in [-0.4, -0.2) is 37.3 Å². The Morgan fingerprint density at radius 3 is 2.45 bits per heavy atom. The second-order valence-corrected chi connectivity index (χ2v) is 8.90. The number of rotatable bonds is 5. The van der Waals surface area contributed by atoms with Crippen molar-refractivity contribution in [3.8, 4) is 11.4 Å². The van der Waals surface area contributed by atoms with Crippen LogP contribution in [0, 0.1) is 6.92 Å². The first-order valence-electron chi connectivity index (χ1n) is 9.07. The summed E-state index contributed by atoms with van der Waals surface area (Å²) in [6, 6.07) is 14.5. The highest BCUT2D eigenvalue weighted by Gasteiger charge is 2.35. The first kappa shape index (κ1) is 19.1. The van der Waals surface area contributed by atoms with Gasteiger partial charge in [0.2, 0.25) is 27.6 Å². The average Bonchev–Trinajstić information content (AvgIpc) is 3.29. The van der Waals surface area contributed by atoms with Crippen LogP contribution in [0.4, 0.5) is 11.4 Å². The van der Waals surface area contributed by atoms with Crippen molar-refractivity contribution in [1.82, 2.24) is 10.1 Å². The van der Waals surface area contributed by atoms with E-state index in [9.17, 15) is 13.2 Å². The fourth-order valence-electron chi connectivity index (χ4n) is 3.27. The van der Waals surface area contributed by atoms with Gasteiger partial charge >= 0.3 is 0 Å². The normalized spacial score (nSPS) is 17.0. The van der Waals surface area contributed by atoms with Crippen LogP contribution in [0.25, 0.3) is 11.4 Å². The molecule has 1 aromatic heterocycles. The topological polar surface area (TPSA) is 105 Å². The summed E-state index contributed by atoms with van der Waals surface area (Å²) in [6.45, 7) is 2.49. The standard InChI is InChI=1S/C20H20N4O4S/c1-13-3-9-17(10-4-13)24-12-15(11-18(24)25)20-21-19(22-28-20)14-5-7-16(8-6-14)23-29(2,26)27/h3-10,15,23H,11-12H2,1-2H3/t15-/m1/s1. The van der Waals surface area contributed by atoms with Gasteiger partial charge in [-0.15, -0.1) is 0 Å². The van der Waals surface area contributed by atoms with Gasteiger partial charge in [-0.05, 0) is 43.3 Å². The van der Waals surface area contributed by atoms with Crippen molar-refractivity contribution >= 4 is 27.3 Å². The number of nitrogens with zero attached hydrogens (tertiary/aromatic N) is 3. The highest BCUT2D eigenvalue weighted by atomic mass is 32.2. The van der Waals surface area contributed by atoms with Crippen LogP contribution in [0.15, 0.2) is 53.1 Å². The molecule has 8 nitrogen and oxygen atoms in total. The molecule has 2 aromatic carbocycles. The summed E-state index contributed by atoms with van der Waals surface area (Å²) < 4.78 is 30.4. The molecule has 1 N–H and O–H groups in total. The fourth-order valence-corrected chi connectivity index (χ4v) is 3.83. The van der Waals surface area contributed by atoms with Crippen LogP contribution in [-0.2, 0) is 14.8 Å². The van der Waals surface area contributed by atoms with Crippen molar-refractivity contribution in [2.75, 3.05) is 22.4 Å². The molecule has 2 heterocycles. The fraction of sp³-hybridized carbons (Fsp3) is 0.250. The highest BCUT2D eigenvalue weighted by molar-refractivity contribution is 7.92. The van der Waals surface area contributed by atoms with E-state index in [0.717, 1.165) is 17.5 Å². The van der Waals surface area contributed by atoms with Gasteiger partial charge in [0.05, 0.1) is 12.2 Å². The van der Waals surface area contributed by atoms with E-state index in [2.05, 4.69) is 14.9 Å². The van der Waals surface area contributed by atoms with Gasteiger partial charge in [-0.3, -0.25) is 9.52 Å². The van der Waals surface area contributed by atoms with Gasteiger partial charge in [0.25, 0.3) is 0 Å². The van der Waals surface area contributed by atoms with Crippen molar-refractivity contribution in [2.45, 2.75) is 19.3 Å². The molecular weight excluding hydrogens is 392 g/mol. The van der Waals surface area contributed by atoms with Gasteiger partial charge in [-0.2, -0.15) is 4.98 Å². The minimum atomic E-state index is -3.33. The summed E-state index contributed by atoms with van der Waals surface area (Å²) in [5, 5.41) is 4.02. The third-order valence-electron chi connectivity index (χ3n) is 4.71. The van der Waals surface area contributed by atoms with Crippen LogP contribution in [0.5, 0.6) is 0 Å². The number of nitrogens with one attached hydrogen (secondary N) is 1. The van der Waals surface area contributed by atoms with Crippen LogP contribution in [0.2, 0.25) is 0 Å². The van der Waals surface area contributed by atoms with Crippen LogP contribution in [0.1, 0.15) is 23.8 Å². The van der Waals surface area contributed by atoms with E-state index in [1.165, 1.54) is 0 Å². The van der Waals surface area contributed by atoms with Gasteiger partial charge in [-0.1, -0.05) is 22.9 Å². The van der Waals surface area contributed by atoms with Crippen molar-refractivity contribution in [2.24, 2.45) is 0 Å². The number of hydrogen-bond donors (Lipinski definition) is 1. The Bertz CT molecular complexity index is 1140. The maximum absolute atomic E-state index is 12.5. The lowest BCUT2D eigenvalue weighted by Gasteiger charge is -2.16. The molecule has 29 heavy (non-hydrogen) atoms. The smallest absolute Gasteiger partial charge is 0.232 e. The molecule has 1 saturated heterocycles. The molecule has 9 heteroatoms. The second kappa shape index (κ2) is 7.32. The van der Waals surface area contributed by atoms with E-state index >= 15 is 0 Å². The number of carbonyl (C=O) groups excluding carboxylic acids is 1. The minimum absolute atomic E-state index is 0.0230. The van der Waals surface area contributed by atoms with E-state index in [1.54, 1.807) is 29.2 Å². The maximum Gasteiger partial charge on any atom is 0.232 e. The van der Waals surface area contributed by atoms with Gasteiger partial charge in [0, 0.05) is 29.9 Å². The third kappa shape index (κ3) is 4.29. The Morgan fingerprint density at radius 2 is 1.79 bits per heavy atom. The van der Waals surface area contributed by atoms with Crippen molar-refractivity contribution < 1.29 is 17.7 Å². The van der Waals surface area contributed by atoms with E-state index in [0.29, 0.717) is 35.9 Å². The van der Waals surface area contributed by atoms with Gasteiger partial charge in [0.15, 0.2) is 0 Å². The quantitative estimate of drug-likeness (QED) is 0.691. The molecule has 1 amide bonds. The number of amides is 1. The molecule has 0 saturated carbocycles. The van der Waals surface area contributed by atoms with Crippen LogP contribution >= 0.6 is 0 Å². The van der Waals surface area contributed by atoms with Crippen molar-refractivity contribution in [3.63, 3.8) is 0 Å². The van der Waals surface area contributed by atoms with E-state index in [-0.39, 0.29) is 11.8 Å². The second-order valence-electron chi connectivity index (χ2n) is 7.15. The number of benzene rings is 2. The molecule has 0 bridgehead atoms. The van der Waals surface area contributed by atoms with Crippen molar-refractivity contribution in [1.29, 1.82) is 0 Å². The Balaban J connectivity index is 1.49. The summed E-state index contributed by atoms with van der Waals surface area (Å²) in [5.41, 5.74) is 3.14. The monoisotopic (exact) mass is 412 g/mol. The molecule has 1 atom stereocenters.